The fourth-order valence-corrected chi connectivity index (χ4v) is 7.31. The van der Waals surface area contributed by atoms with Gasteiger partial charge in [0.25, 0.3) is 5.91 Å². The van der Waals surface area contributed by atoms with Crippen LogP contribution in [-0.4, -0.2) is 61.6 Å². The van der Waals surface area contributed by atoms with Gasteiger partial charge in [0.2, 0.25) is 15.9 Å². The number of amidine groups is 1. The second-order valence-corrected chi connectivity index (χ2v) is 13.3. The molecule has 0 unspecified atom stereocenters. The number of nitrogens with zero attached hydrogens (tertiary/aromatic N) is 3. The number of amides is 4. The summed E-state index contributed by atoms with van der Waals surface area (Å²) in [5, 5.41) is 6.57. The van der Waals surface area contributed by atoms with Gasteiger partial charge in [-0.1, -0.05) is 19.8 Å². The Bertz CT molecular complexity index is 1330. The van der Waals surface area contributed by atoms with Crippen molar-refractivity contribution >= 4 is 45.5 Å². The zero-order chi connectivity index (χ0) is 27.9. The molecule has 1 aromatic rings. The topological polar surface area (TPSA) is 128 Å². The molecule has 5 rings (SSSR count). The van der Waals surface area contributed by atoms with E-state index < -0.39 is 21.6 Å². The van der Waals surface area contributed by atoms with E-state index in [0.717, 1.165) is 48.2 Å². The number of hydrogen-bond acceptors (Lipinski definition) is 6. The van der Waals surface area contributed by atoms with E-state index in [9.17, 15) is 22.8 Å². The summed E-state index contributed by atoms with van der Waals surface area (Å²) in [5.41, 5.74) is 2.20. The van der Waals surface area contributed by atoms with Crippen molar-refractivity contribution in [1.29, 1.82) is 0 Å². The Morgan fingerprint density at radius 3 is 2.23 bits per heavy atom. The van der Waals surface area contributed by atoms with Gasteiger partial charge < -0.3 is 5.32 Å². The Morgan fingerprint density at radius 1 is 0.974 bits per heavy atom. The zero-order valence-electron chi connectivity index (χ0n) is 22.8. The molecule has 4 aliphatic rings. The van der Waals surface area contributed by atoms with Crippen molar-refractivity contribution < 1.29 is 22.8 Å². The van der Waals surface area contributed by atoms with E-state index in [1.54, 1.807) is 6.08 Å². The Hall–Kier alpha value is -3.05. The van der Waals surface area contributed by atoms with Gasteiger partial charge in [-0.2, -0.15) is 4.31 Å². The molecule has 4 amide bonds. The van der Waals surface area contributed by atoms with E-state index in [0.29, 0.717) is 36.9 Å². The summed E-state index contributed by atoms with van der Waals surface area (Å²) in [4.78, 5) is 43.0. The third kappa shape index (κ3) is 5.51. The van der Waals surface area contributed by atoms with E-state index in [-0.39, 0.29) is 31.3 Å². The highest BCUT2D eigenvalue weighted by atomic mass is 32.2. The monoisotopic (exact) mass is 555 g/mol. The van der Waals surface area contributed by atoms with Crippen LogP contribution in [0.25, 0.3) is 6.08 Å². The fraction of sp³-hybridized carbons (Fsp3) is 0.571. The van der Waals surface area contributed by atoms with E-state index in [4.69, 9.17) is 4.99 Å². The summed E-state index contributed by atoms with van der Waals surface area (Å²) in [6.07, 6.45) is 6.91. The van der Waals surface area contributed by atoms with Crippen molar-refractivity contribution in [3.05, 3.63) is 34.2 Å². The van der Waals surface area contributed by atoms with Crippen LogP contribution in [0.4, 0.5) is 10.5 Å². The summed E-state index contributed by atoms with van der Waals surface area (Å²) in [6.45, 7) is 6.75. The molecule has 10 nitrogen and oxygen atoms in total. The predicted molar refractivity (Wildman–Crippen MR) is 150 cm³/mol. The first kappa shape index (κ1) is 27.5. The van der Waals surface area contributed by atoms with E-state index in [2.05, 4.69) is 17.6 Å². The van der Waals surface area contributed by atoms with Crippen molar-refractivity contribution in [2.45, 2.75) is 71.3 Å². The molecule has 1 aromatic carbocycles. The molecule has 0 radical (unpaired) electrons. The number of aryl methyl sites for hydroxylation is 2. The average Bonchev–Trinajstić information content (AvgIpc) is 3.19. The van der Waals surface area contributed by atoms with Gasteiger partial charge in [-0.15, -0.1) is 0 Å². The highest BCUT2D eigenvalue weighted by Gasteiger charge is 2.48. The minimum atomic E-state index is -3.70. The minimum Gasteiger partial charge on any atom is -0.312 e. The van der Waals surface area contributed by atoms with Crippen molar-refractivity contribution in [3.63, 3.8) is 0 Å². The molecule has 2 N–H and O–H groups in total. The second kappa shape index (κ2) is 10.5. The molecule has 11 heteroatoms. The molecular formula is C28H37N5O5S. The summed E-state index contributed by atoms with van der Waals surface area (Å²) in [6, 6.07) is 3.18. The van der Waals surface area contributed by atoms with Crippen molar-refractivity contribution in [1.82, 2.24) is 14.9 Å². The third-order valence-corrected chi connectivity index (χ3v) is 10.2. The van der Waals surface area contributed by atoms with Crippen LogP contribution in [0.5, 0.6) is 0 Å². The zero-order valence-corrected chi connectivity index (χ0v) is 23.6. The largest absolute Gasteiger partial charge is 0.328 e. The van der Waals surface area contributed by atoms with Crippen LogP contribution in [0.1, 0.15) is 68.6 Å². The van der Waals surface area contributed by atoms with Crippen molar-refractivity contribution in [3.8, 4) is 0 Å². The van der Waals surface area contributed by atoms with Crippen LogP contribution in [0.2, 0.25) is 0 Å². The summed E-state index contributed by atoms with van der Waals surface area (Å²) in [5.74, 6) is 1.41. The standard InChI is InChI=1S/C28H37N5O5S/c1-18-4-6-21(7-5-18)25-30-26(35)28(31-25)10-13-32(14-11-28)39(37,38)15-9-23-19(2)16-22(17-20(23)3)33-12-8-24(34)29-27(33)36/h9,15-18,21H,4-8,10-14H2,1-3H3,(H,29,34,36)(H,30,31,35). The molecular weight excluding hydrogens is 518 g/mol. The first-order chi connectivity index (χ1) is 18.5. The maximum absolute atomic E-state index is 13.2. The molecule has 3 fully saturated rings. The van der Waals surface area contributed by atoms with Crippen LogP contribution >= 0.6 is 0 Å². The number of aliphatic imine (C=N–C) groups is 1. The maximum atomic E-state index is 13.2. The first-order valence-electron chi connectivity index (χ1n) is 13.8. The molecule has 1 spiro atoms. The highest BCUT2D eigenvalue weighted by molar-refractivity contribution is 7.92. The quantitative estimate of drug-likeness (QED) is 0.577. The van der Waals surface area contributed by atoms with Gasteiger partial charge >= 0.3 is 6.03 Å². The number of nitrogens with one attached hydrogen (secondary N) is 2. The van der Waals surface area contributed by atoms with Crippen LogP contribution in [0.15, 0.2) is 22.5 Å². The fourth-order valence-electron chi connectivity index (χ4n) is 6.14. The number of hydrogen-bond donors (Lipinski definition) is 2. The van der Waals surface area contributed by atoms with Gasteiger partial charge in [0.1, 0.15) is 11.4 Å². The highest BCUT2D eigenvalue weighted by Crippen LogP contribution is 2.36. The van der Waals surface area contributed by atoms with Crippen LogP contribution in [-0.2, 0) is 19.6 Å². The number of sulfonamides is 1. The normalized spacial score (nSPS) is 26.2. The molecule has 3 heterocycles. The van der Waals surface area contributed by atoms with Gasteiger partial charge in [0.15, 0.2) is 0 Å². The molecule has 0 atom stereocenters. The maximum Gasteiger partial charge on any atom is 0.328 e. The smallest absolute Gasteiger partial charge is 0.312 e. The lowest BCUT2D eigenvalue weighted by molar-refractivity contribution is -0.125. The number of imide groups is 1. The lowest BCUT2D eigenvalue weighted by Crippen LogP contribution is -2.50. The predicted octanol–water partition coefficient (Wildman–Crippen LogP) is 3.24. The molecule has 39 heavy (non-hydrogen) atoms. The van der Waals surface area contributed by atoms with E-state index in [1.807, 2.05) is 26.0 Å². The van der Waals surface area contributed by atoms with Gasteiger partial charge in [-0.25, -0.2) is 13.2 Å². The number of anilines is 1. The number of piperidine rings is 1. The van der Waals surface area contributed by atoms with E-state index in [1.165, 1.54) is 14.6 Å². The van der Waals surface area contributed by atoms with Crippen LogP contribution < -0.4 is 15.5 Å². The Labute approximate surface area is 230 Å². The number of rotatable bonds is 5. The molecule has 1 aliphatic carbocycles. The molecule has 210 valence electrons. The summed E-state index contributed by atoms with van der Waals surface area (Å²) < 4.78 is 27.8. The number of benzene rings is 1. The van der Waals surface area contributed by atoms with Gasteiger partial charge in [0, 0.05) is 43.1 Å². The lowest BCUT2D eigenvalue weighted by atomic mass is 9.82. The Kier molecular flexibility index (Phi) is 7.41. The molecule has 3 aliphatic heterocycles. The average molecular weight is 556 g/mol. The summed E-state index contributed by atoms with van der Waals surface area (Å²) in [7, 11) is -3.70. The minimum absolute atomic E-state index is 0.0956. The molecule has 0 bridgehead atoms. The van der Waals surface area contributed by atoms with Gasteiger partial charge in [-0.3, -0.25) is 24.8 Å². The van der Waals surface area contributed by atoms with Crippen molar-refractivity contribution in [2.24, 2.45) is 16.8 Å². The molecule has 0 aromatic heterocycles. The van der Waals surface area contributed by atoms with Crippen LogP contribution in [0.3, 0.4) is 0 Å². The number of urea groups is 1. The van der Waals surface area contributed by atoms with Gasteiger partial charge in [-0.05, 0) is 80.3 Å². The summed E-state index contributed by atoms with van der Waals surface area (Å²) >= 11 is 0. The van der Waals surface area contributed by atoms with Gasteiger partial charge in [0.05, 0.1) is 0 Å². The second-order valence-electron chi connectivity index (χ2n) is 11.4. The Balaban J connectivity index is 1.25. The molecule has 2 saturated heterocycles. The lowest BCUT2D eigenvalue weighted by Gasteiger charge is -2.34. The molecule has 1 saturated carbocycles. The van der Waals surface area contributed by atoms with Crippen molar-refractivity contribution in [2.75, 3.05) is 24.5 Å². The first-order valence-corrected chi connectivity index (χ1v) is 15.3. The van der Waals surface area contributed by atoms with Crippen LogP contribution in [0, 0.1) is 25.7 Å². The Morgan fingerprint density at radius 2 is 1.62 bits per heavy atom. The van der Waals surface area contributed by atoms with E-state index >= 15 is 0 Å². The number of carbonyl (C=O) groups excluding carboxylic acids is 3. The SMILES string of the molecule is Cc1cc(N2CCC(=O)NC2=O)cc(C)c1C=CS(=O)(=O)N1CCC2(CC1)N=C(C1CCC(C)CC1)NC2=O. The third-order valence-electron chi connectivity index (χ3n) is 8.66. The number of carbonyl (C=O) groups is 3.